The molecular weight excluding hydrogens is 264 g/mol. The molecule has 110 valence electrons. The number of anilines is 1. The van der Waals surface area contributed by atoms with Gasteiger partial charge in [-0.05, 0) is 13.5 Å². The van der Waals surface area contributed by atoms with Crippen LogP contribution in [-0.2, 0) is 23.4 Å². The number of rotatable bonds is 7. The van der Waals surface area contributed by atoms with Crippen molar-refractivity contribution in [1.82, 2.24) is 15.1 Å². The summed E-state index contributed by atoms with van der Waals surface area (Å²) >= 11 is 0. The molecule has 0 spiro atoms. The summed E-state index contributed by atoms with van der Waals surface area (Å²) in [7, 11) is 0.834. The summed E-state index contributed by atoms with van der Waals surface area (Å²) in [6, 6.07) is 0. The minimum atomic E-state index is -2.95. The van der Waals surface area contributed by atoms with Gasteiger partial charge in [0.25, 0.3) is 0 Å². The third-order valence-electron chi connectivity index (χ3n) is 3.02. The summed E-state index contributed by atoms with van der Waals surface area (Å²) in [5.41, 5.74) is 2.10. The monoisotopic (exact) mass is 288 g/mol. The lowest BCUT2D eigenvalue weighted by molar-refractivity contribution is 0.600. The normalized spacial score (nSPS) is 11.8. The zero-order valence-electron chi connectivity index (χ0n) is 12.4. The third-order valence-corrected chi connectivity index (χ3v) is 3.95. The lowest BCUT2D eigenvalue weighted by atomic mass is 10.2. The molecule has 0 amide bonds. The Kier molecular flexibility index (Phi) is 5.37. The summed E-state index contributed by atoms with van der Waals surface area (Å²) in [6.07, 6.45) is 1.26. The van der Waals surface area contributed by atoms with Crippen LogP contribution in [0.2, 0.25) is 0 Å². The van der Waals surface area contributed by atoms with Gasteiger partial charge in [0.2, 0.25) is 0 Å². The average molecular weight is 288 g/mol. The standard InChI is InChI=1S/C12H24N4O2S/c1-6-13-9-11-10(2)14-16(4)12(11)15(3)7-8-19(5,17)18/h13H,6-9H2,1-5H3. The van der Waals surface area contributed by atoms with E-state index in [0.717, 1.165) is 30.2 Å². The van der Waals surface area contributed by atoms with Gasteiger partial charge < -0.3 is 10.2 Å². The first kappa shape index (κ1) is 16.0. The molecule has 0 saturated carbocycles. The summed E-state index contributed by atoms with van der Waals surface area (Å²) < 4.78 is 24.3. The summed E-state index contributed by atoms with van der Waals surface area (Å²) in [5.74, 6) is 1.12. The maximum Gasteiger partial charge on any atom is 0.149 e. The van der Waals surface area contributed by atoms with Crippen molar-refractivity contribution in [2.75, 3.05) is 37.0 Å². The van der Waals surface area contributed by atoms with Gasteiger partial charge in [-0.2, -0.15) is 5.10 Å². The van der Waals surface area contributed by atoms with Crippen LogP contribution in [0.15, 0.2) is 0 Å². The third kappa shape index (κ3) is 4.50. The van der Waals surface area contributed by atoms with Crippen molar-refractivity contribution >= 4 is 15.7 Å². The first-order valence-electron chi connectivity index (χ1n) is 6.38. The number of sulfone groups is 1. The van der Waals surface area contributed by atoms with Crippen LogP contribution in [0, 0.1) is 6.92 Å². The van der Waals surface area contributed by atoms with Crippen LogP contribution in [0.5, 0.6) is 0 Å². The second-order valence-corrected chi connectivity index (χ2v) is 7.10. The lowest BCUT2D eigenvalue weighted by Gasteiger charge is -2.20. The molecule has 0 aliphatic carbocycles. The maximum absolute atomic E-state index is 11.3. The van der Waals surface area contributed by atoms with Crippen LogP contribution in [0.4, 0.5) is 5.82 Å². The first-order valence-corrected chi connectivity index (χ1v) is 8.44. The van der Waals surface area contributed by atoms with Gasteiger partial charge in [-0.1, -0.05) is 6.92 Å². The zero-order valence-corrected chi connectivity index (χ0v) is 13.2. The molecule has 1 heterocycles. The average Bonchev–Trinajstić information content (AvgIpc) is 2.57. The van der Waals surface area contributed by atoms with Crippen molar-refractivity contribution in [3.05, 3.63) is 11.3 Å². The number of aromatic nitrogens is 2. The van der Waals surface area contributed by atoms with Gasteiger partial charge >= 0.3 is 0 Å². The van der Waals surface area contributed by atoms with E-state index in [2.05, 4.69) is 17.3 Å². The van der Waals surface area contributed by atoms with E-state index < -0.39 is 9.84 Å². The summed E-state index contributed by atoms with van der Waals surface area (Å²) in [6.45, 7) is 6.13. The van der Waals surface area contributed by atoms with E-state index in [1.54, 1.807) is 0 Å². The largest absolute Gasteiger partial charge is 0.359 e. The molecule has 1 aromatic rings. The quantitative estimate of drug-likeness (QED) is 0.782. The molecule has 0 saturated heterocycles. The minimum Gasteiger partial charge on any atom is -0.359 e. The van der Waals surface area contributed by atoms with Crippen LogP contribution in [0.1, 0.15) is 18.2 Å². The molecule has 1 aromatic heterocycles. The van der Waals surface area contributed by atoms with E-state index >= 15 is 0 Å². The predicted molar refractivity (Wildman–Crippen MR) is 78.3 cm³/mol. The van der Waals surface area contributed by atoms with Crippen LogP contribution in [-0.4, -0.2) is 50.3 Å². The molecule has 0 unspecified atom stereocenters. The van der Waals surface area contributed by atoms with E-state index in [-0.39, 0.29) is 5.75 Å². The van der Waals surface area contributed by atoms with Gasteiger partial charge in [-0.3, -0.25) is 4.68 Å². The molecule has 0 aliphatic rings. The number of nitrogens with one attached hydrogen (secondary N) is 1. The van der Waals surface area contributed by atoms with Gasteiger partial charge in [-0.25, -0.2) is 8.42 Å². The molecule has 0 aliphatic heterocycles. The maximum atomic E-state index is 11.3. The van der Waals surface area contributed by atoms with Gasteiger partial charge in [0.05, 0.1) is 11.4 Å². The minimum absolute atomic E-state index is 0.147. The van der Waals surface area contributed by atoms with Gasteiger partial charge in [-0.15, -0.1) is 0 Å². The Hall–Kier alpha value is -1.08. The van der Waals surface area contributed by atoms with Crippen LogP contribution in [0.25, 0.3) is 0 Å². The molecule has 0 aromatic carbocycles. The Bertz CT molecular complexity index is 522. The first-order chi connectivity index (χ1) is 8.76. The summed E-state index contributed by atoms with van der Waals surface area (Å²) in [4.78, 5) is 1.95. The Morgan fingerprint density at radius 1 is 1.42 bits per heavy atom. The fraction of sp³-hybridized carbons (Fsp3) is 0.750. The van der Waals surface area contributed by atoms with E-state index in [9.17, 15) is 8.42 Å². The van der Waals surface area contributed by atoms with Crippen molar-refractivity contribution in [3.63, 3.8) is 0 Å². The number of nitrogens with zero attached hydrogens (tertiary/aromatic N) is 3. The second kappa shape index (κ2) is 6.38. The highest BCUT2D eigenvalue weighted by atomic mass is 32.2. The molecule has 19 heavy (non-hydrogen) atoms. The topological polar surface area (TPSA) is 67.2 Å². The van der Waals surface area contributed by atoms with E-state index in [1.807, 2.05) is 30.6 Å². The SMILES string of the molecule is CCNCc1c(C)nn(C)c1N(C)CCS(C)(=O)=O. The second-order valence-electron chi connectivity index (χ2n) is 4.84. The van der Waals surface area contributed by atoms with Crippen LogP contribution >= 0.6 is 0 Å². The molecule has 1 rings (SSSR count). The Balaban J connectivity index is 2.91. The lowest BCUT2D eigenvalue weighted by Crippen LogP contribution is -2.28. The fourth-order valence-electron chi connectivity index (χ4n) is 2.03. The molecule has 0 radical (unpaired) electrons. The molecular formula is C12H24N4O2S. The van der Waals surface area contributed by atoms with Crippen molar-refractivity contribution < 1.29 is 8.42 Å². The molecule has 7 heteroatoms. The molecule has 1 N–H and O–H groups in total. The zero-order chi connectivity index (χ0) is 14.6. The Morgan fingerprint density at radius 2 is 2.05 bits per heavy atom. The Labute approximate surface area is 115 Å². The van der Waals surface area contributed by atoms with E-state index in [1.165, 1.54) is 6.26 Å². The smallest absolute Gasteiger partial charge is 0.149 e. The van der Waals surface area contributed by atoms with E-state index in [0.29, 0.717) is 6.54 Å². The highest BCUT2D eigenvalue weighted by Gasteiger charge is 2.17. The van der Waals surface area contributed by atoms with E-state index in [4.69, 9.17) is 0 Å². The number of aryl methyl sites for hydroxylation is 2. The summed E-state index contributed by atoms with van der Waals surface area (Å²) in [5, 5.41) is 7.70. The molecule has 0 bridgehead atoms. The van der Waals surface area contributed by atoms with Crippen molar-refractivity contribution in [2.24, 2.45) is 7.05 Å². The molecule has 0 atom stereocenters. The molecule has 0 fully saturated rings. The fourth-order valence-corrected chi connectivity index (χ4v) is 2.64. The van der Waals surface area contributed by atoms with Crippen LogP contribution < -0.4 is 10.2 Å². The highest BCUT2D eigenvalue weighted by Crippen LogP contribution is 2.22. The van der Waals surface area contributed by atoms with Gasteiger partial charge in [0.15, 0.2) is 0 Å². The number of hydrogen-bond acceptors (Lipinski definition) is 5. The van der Waals surface area contributed by atoms with Gasteiger partial charge in [0, 0.05) is 39.0 Å². The van der Waals surface area contributed by atoms with Crippen molar-refractivity contribution in [1.29, 1.82) is 0 Å². The molecule has 6 nitrogen and oxygen atoms in total. The highest BCUT2D eigenvalue weighted by molar-refractivity contribution is 7.90. The number of hydrogen-bond donors (Lipinski definition) is 1. The van der Waals surface area contributed by atoms with Crippen LogP contribution in [0.3, 0.4) is 0 Å². The van der Waals surface area contributed by atoms with Crippen molar-refractivity contribution in [3.8, 4) is 0 Å². The van der Waals surface area contributed by atoms with Gasteiger partial charge in [0.1, 0.15) is 15.7 Å². The predicted octanol–water partition coefficient (Wildman–Crippen LogP) is 0.319. The Morgan fingerprint density at radius 3 is 2.58 bits per heavy atom. The van der Waals surface area contributed by atoms with Crippen molar-refractivity contribution in [2.45, 2.75) is 20.4 Å².